The first kappa shape index (κ1) is 14.3. The molecule has 1 aromatic carbocycles. The lowest BCUT2D eigenvalue weighted by atomic mass is 9.93. The van der Waals surface area contributed by atoms with Crippen LogP contribution >= 0.6 is 0 Å². The van der Waals surface area contributed by atoms with Crippen LogP contribution in [0.2, 0.25) is 0 Å². The van der Waals surface area contributed by atoms with Crippen molar-refractivity contribution in [2.24, 2.45) is 5.92 Å². The second kappa shape index (κ2) is 6.02. The van der Waals surface area contributed by atoms with Crippen LogP contribution in [0, 0.1) is 18.3 Å². The Morgan fingerprint density at radius 2 is 2.00 bits per heavy atom. The summed E-state index contributed by atoms with van der Waals surface area (Å²) in [5.41, 5.74) is 1.29. The van der Waals surface area contributed by atoms with Gasteiger partial charge < -0.3 is 4.90 Å². The molecule has 0 N–H and O–H groups in total. The number of piperidine rings is 1. The van der Waals surface area contributed by atoms with Gasteiger partial charge in [0.25, 0.3) is 5.91 Å². The number of likely N-dealkylation sites (tertiary alicyclic amines) is 1. The molecule has 0 aliphatic carbocycles. The van der Waals surface area contributed by atoms with Gasteiger partial charge in [-0.05, 0) is 31.9 Å². The molecule has 2 atom stereocenters. The number of hydrogen-bond donors (Lipinski definition) is 0. The van der Waals surface area contributed by atoms with Crippen LogP contribution in [0.3, 0.4) is 0 Å². The van der Waals surface area contributed by atoms with Gasteiger partial charge >= 0.3 is 0 Å². The number of rotatable bonds is 2. The van der Waals surface area contributed by atoms with E-state index in [1.54, 1.807) is 12.4 Å². The van der Waals surface area contributed by atoms with E-state index in [2.05, 4.69) is 23.0 Å². The molecule has 112 valence electrons. The average molecular weight is 294 g/mol. The largest absolute Gasteiger partial charge is 0.335 e. The summed E-state index contributed by atoms with van der Waals surface area (Å²) in [7, 11) is 0. The highest BCUT2D eigenvalue weighted by Crippen LogP contribution is 2.25. The van der Waals surface area contributed by atoms with Crippen LogP contribution in [0.1, 0.15) is 30.1 Å². The third kappa shape index (κ3) is 2.60. The molecule has 1 fully saturated rings. The van der Waals surface area contributed by atoms with Gasteiger partial charge in [0.15, 0.2) is 0 Å². The molecular weight excluding hydrogens is 276 g/mol. The van der Waals surface area contributed by atoms with Crippen molar-refractivity contribution in [2.75, 3.05) is 6.54 Å². The zero-order chi connectivity index (χ0) is 15.5. The third-order valence-electron chi connectivity index (χ3n) is 4.15. The van der Waals surface area contributed by atoms with E-state index < -0.39 is 0 Å². The van der Waals surface area contributed by atoms with Gasteiger partial charge in [-0.3, -0.25) is 4.79 Å². The molecule has 1 aromatic heterocycles. The minimum atomic E-state index is -0.0136. The SMILES string of the molecule is C#C[C@@H]1CC[C@@H](C)N(C(=O)c2ccccc2-n2nccn2)C1. The minimum absolute atomic E-state index is 0.0136. The summed E-state index contributed by atoms with van der Waals surface area (Å²) >= 11 is 0. The van der Waals surface area contributed by atoms with Gasteiger partial charge in [-0.15, -0.1) is 12.3 Å². The quantitative estimate of drug-likeness (QED) is 0.797. The molecule has 1 aliphatic rings. The molecule has 0 bridgehead atoms. The minimum Gasteiger partial charge on any atom is -0.335 e. The molecule has 5 heteroatoms. The molecule has 2 aromatic rings. The number of aromatic nitrogens is 3. The Morgan fingerprint density at radius 1 is 1.27 bits per heavy atom. The van der Waals surface area contributed by atoms with Crippen LogP contribution in [0.15, 0.2) is 36.7 Å². The fourth-order valence-electron chi connectivity index (χ4n) is 2.85. The maximum absolute atomic E-state index is 13.0. The predicted molar refractivity (Wildman–Crippen MR) is 83.4 cm³/mol. The molecule has 0 radical (unpaired) electrons. The van der Waals surface area contributed by atoms with Gasteiger partial charge in [0.05, 0.1) is 23.6 Å². The highest BCUT2D eigenvalue weighted by Gasteiger charge is 2.30. The first-order valence-corrected chi connectivity index (χ1v) is 7.43. The Balaban J connectivity index is 1.94. The van der Waals surface area contributed by atoms with Crippen molar-refractivity contribution in [3.8, 4) is 18.0 Å². The second-order valence-electron chi connectivity index (χ2n) is 5.58. The summed E-state index contributed by atoms with van der Waals surface area (Å²) in [6.45, 7) is 2.68. The number of benzene rings is 1. The maximum atomic E-state index is 13.0. The highest BCUT2D eigenvalue weighted by molar-refractivity contribution is 5.98. The lowest BCUT2D eigenvalue weighted by Crippen LogP contribution is -2.45. The van der Waals surface area contributed by atoms with E-state index in [-0.39, 0.29) is 17.9 Å². The third-order valence-corrected chi connectivity index (χ3v) is 4.15. The van der Waals surface area contributed by atoms with Crippen LogP contribution in [-0.4, -0.2) is 38.4 Å². The Bertz CT molecular complexity index is 702. The van der Waals surface area contributed by atoms with E-state index in [4.69, 9.17) is 6.42 Å². The highest BCUT2D eigenvalue weighted by atomic mass is 16.2. The summed E-state index contributed by atoms with van der Waals surface area (Å²) < 4.78 is 0. The number of nitrogens with zero attached hydrogens (tertiary/aromatic N) is 4. The summed E-state index contributed by atoms with van der Waals surface area (Å²) in [6, 6.07) is 7.58. The van der Waals surface area contributed by atoms with Gasteiger partial charge in [-0.25, -0.2) is 0 Å². The average Bonchev–Trinajstić information content (AvgIpc) is 3.09. The number of hydrogen-bond acceptors (Lipinski definition) is 3. The van der Waals surface area contributed by atoms with Crippen LogP contribution in [0.4, 0.5) is 0 Å². The van der Waals surface area contributed by atoms with Gasteiger partial charge in [-0.1, -0.05) is 12.1 Å². The van der Waals surface area contributed by atoms with Gasteiger partial charge in [0, 0.05) is 18.5 Å². The van der Waals surface area contributed by atoms with Gasteiger partial charge in [0.1, 0.15) is 0 Å². The van der Waals surface area contributed by atoms with Crippen molar-refractivity contribution in [1.29, 1.82) is 0 Å². The molecule has 1 saturated heterocycles. The zero-order valence-corrected chi connectivity index (χ0v) is 12.5. The lowest BCUT2D eigenvalue weighted by Gasteiger charge is -2.36. The smallest absolute Gasteiger partial charge is 0.256 e. The molecule has 0 spiro atoms. The van der Waals surface area contributed by atoms with E-state index in [1.807, 2.05) is 29.2 Å². The van der Waals surface area contributed by atoms with Crippen molar-refractivity contribution >= 4 is 5.91 Å². The topological polar surface area (TPSA) is 51.0 Å². The van der Waals surface area contributed by atoms with Crippen LogP contribution in [0.25, 0.3) is 5.69 Å². The number of para-hydroxylation sites is 1. The molecule has 2 heterocycles. The van der Waals surface area contributed by atoms with E-state index in [0.717, 1.165) is 12.8 Å². The Kier molecular flexibility index (Phi) is 3.92. The predicted octanol–water partition coefficient (Wildman–Crippen LogP) is 2.14. The Morgan fingerprint density at radius 3 is 2.73 bits per heavy atom. The van der Waals surface area contributed by atoms with Crippen molar-refractivity contribution < 1.29 is 4.79 Å². The molecule has 22 heavy (non-hydrogen) atoms. The summed E-state index contributed by atoms with van der Waals surface area (Å²) in [5.74, 6) is 2.90. The zero-order valence-electron chi connectivity index (χ0n) is 12.5. The molecule has 0 unspecified atom stereocenters. The van der Waals surface area contributed by atoms with E-state index in [9.17, 15) is 4.79 Å². The maximum Gasteiger partial charge on any atom is 0.256 e. The van der Waals surface area contributed by atoms with Crippen molar-refractivity contribution in [3.63, 3.8) is 0 Å². The second-order valence-corrected chi connectivity index (χ2v) is 5.58. The first-order chi connectivity index (χ1) is 10.7. The van der Waals surface area contributed by atoms with Crippen LogP contribution < -0.4 is 0 Å². The number of carbonyl (C=O) groups is 1. The Hall–Kier alpha value is -2.61. The van der Waals surface area contributed by atoms with Crippen molar-refractivity contribution in [2.45, 2.75) is 25.8 Å². The molecule has 1 aliphatic heterocycles. The van der Waals surface area contributed by atoms with E-state index >= 15 is 0 Å². The summed E-state index contributed by atoms with van der Waals surface area (Å²) in [4.78, 5) is 16.3. The molecule has 5 nitrogen and oxygen atoms in total. The molecule has 1 amide bonds. The van der Waals surface area contributed by atoms with Gasteiger partial charge in [0.2, 0.25) is 0 Å². The standard InChI is InChI=1S/C17H18N4O/c1-3-14-9-8-13(2)20(12-14)17(22)15-6-4-5-7-16(15)21-18-10-11-19-21/h1,4-7,10-11,13-14H,8-9,12H2,2H3/t13-,14-/m1/s1. The monoisotopic (exact) mass is 294 g/mol. The Labute approximate surface area is 129 Å². The fraction of sp³-hybridized carbons (Fsp3) is 0.353. The summed E-state index contributed by atoms with van der Waals surface area (Å²) in [5, 5.41) is 8.25. The number of carbonyl (C=O) groups excluding carboxylic acids is 1. The molecule has 0 saturated carbocycles. The number of terminal acetylenes is 1. The fourth-order valence-corrected chi connectivity index (χ4v) is 2.85. The van der Waals surface area contributed by atoms with Gasteiger partial charge in [-0.2, -0.15) is 15.0 Å². The van der Waals surface area contributed by atoms with E-state index in [0.29, 0.717) is 17.8 Å². The van der Waals surface area contributed by atoms with Crippen LogP contribution in [0.5, 0.6) is 0 Å². The van der Waals surface area contributed by atoms with E-state index in [1.165, 1.54) is 4.80 Å². The number of amides is 1. The first-order valence-electron chi connectivity index (χ1n) is 7.43. The van der Waals surface area contributed by atoms with Crippen molar-refractivity contribution in [3.05, 3.63) is 42.2 Å². The molecule has 3 rings (SSSR count). The normalized spacial score (nSPS) is 21.4. The molecular formula is C17H18N4O. The lowest BCUT2D eigenvalue weighted by molar-refractivity contribution is 0.0598. The van der Waals surface area contributed by atoms with Crippen molar-refractivity contribution in [1.82, 2.24) is 19.9 Å². The van der Waals surface area contributed by atoms with Crippen LogP contribution in [-0.2, 0) is 0 Å². The summed E-state index contributed by atoms with van der Waals surface area (Å²) in [6.07, 6.45) is 10.6.